The Balaban J connectivity index is 1.65. The summed E-state index contributed by atoms with van der Waals surface area (Å²) < 4.78 is 15.3. The fourth-order valence-electron chi connectivity index (χ4n) is 2.97. The van der Waals surface area contributed by atoms with Gasteiger partial charge >= 0.3 is 0 Å². The van der Waals surface area contributed by atoms with Gasteiger partial charge in [-0.15, -0.1) is 10.2 Å². The summed E-state index contributed by atoms with van der Waals surface area (Å²) in [5, 5.41) is 8.82. The molecule has 0 saturated carbocycles. The Morgan fingerprint density at radius 2 is 1.97 bits per heavy atom. The first kappa shape index (κ1) is 21.0. The molecule has 0 atom stereocenters. The summed E-state index contributed by atoms with van der Waals surface area (Å²) >= 11 is 1.35. The van der Waals surface area contributed by atoms with Crippen LogP contribution in [-0.4, -0.2) is 37.9 Å². The van der Waals surface area contributed by atoms with Crippen LogP contribution in [-0.2, 0) is 11.3 Å². The number of rotatable bonds is 8. The van der Waals surface area contributed by atoms with Crippen LogP contribution in [0.15, 0.2) is 60.0 Å². The second-order valence-corrected chi connectivity index (χ2v) is 8.00. The number of hydrogen-bond donors (Lipinski definition) is 0. The highest BCUT2D eigenvalue weighted by molar-refractivity contribution is 7.99. The molecule has 29 heavy (non-hydrogen) atoms. The lowest BCUT2D eigenvalue weighted by molar-refractivity contribution is -0.128. The third kappa shape index (κ3) is 5.44. The maximum atomic E-state index is 13.4. The number of benzene rings is 2. The maximum Gasteiger partial charge on any atom is 0.233 e. The highest BCUT2D eigenvalue weighted by Gasteiger charge is 2.16. The number of thioether (sulfide) groups is 1. The van der Waals surface area contributed by atoms with Gasteiger partial charge in [-0.3, -0.25) is 9.36 Å². The first-order valence-corrected chi connectivity index (χ1v) is 10.6. The van der Waals surface area contributed by atoms with Gasteiger partial charge in [-0.2, -0.15) is 0 Å². The Labute approximate surface area is 175 Å². The van der Waals surface area contributed by atoms with E-state index in [9.17, 15) is 9.18 Å². The monoisotopic (exact) mass is 412 g/mol. The zero-order valence-corrected chi connectivity index (χ0v) is 17.7. The average molecular weight is 413 g/mol. The summed E-state index contributed by atoms with van der Waals surface area (Å²) in [6.45, 7) is 7.17. The molecule has 0 aliphatic carbocycles. The summed E-state index contributed by atoms with van der Waals surface area (Å²) in [6, 6.07) is 14.6. The van der Waals surface area contributed by atoms with E-state index < -0.39 is 0 Å². The van der Waals surface area contributed by atoms with E-state index in [4.69, 9.17) is 0 Å². The van der Waals surface area contributed by atoms with E-state index in [1.807, 2.05) is 29.7 Å². The number of aromatic nitrogens is 3. The number of carbonyl (C=O) groups excluding carboxylic acids is 1. The van der Waals surface area contributed by atoms with Gasteiger partial charge in [0.2, 0.25) is 5.91 Å². The normalized spacial score (nSPS) is 11.1. The topological polar surface area (TPSA) is 51.0 Å². The molecule has 0 bridgehead atoms. The number of carbonyl (C=O) groups is 1. The van der Waals surface area contributed by atoms with E-state index in [1.165, 1.54) is 29.5 Å². The molecule has 0 N–H and O–H groups in total. The highest BCUT2D eigenvalue weighted by Crippen LogP contribution is 2.22. The predicted molar refractivity (Wildman–Crippen MR) is 114 cm³/mol. The molecule has 1 amide bonds. The summed E-state index contributed by atoms with van der Waals surface area (Å²) in [6.07, 6.45) is 1.65. The molecule has 3 rings (SSSR count). The molecular weight excluding hydrogens is 387 g/mol. The van der Waals surface area contributed by atoms with Crippen LogP contribution in [0.1, 0.15) is 37.8 Å². The van der Waals surface area contributed by atoms with Gasteiger partial charge in [-0.1, -0.05) is 49.9 Å². The number of halogens is 1. The first-order chi connectivity index (χ1) is 14.0. The minimum atomic E-state index is -0.294. The largest absolute Gasteiger partial charge is 0.338 e. The zero-order valence-electron chi connectivity index (χ0n) is 16.9. The maximum absolute atomic E-state index is 13.4. The Morgan fingerprint density at radius 3 is 2.62 bits per heavy atom. The molecule has 2 aromatic carbocycles. The predicted octanol–water partition coefficient (Wildman–Crippen LogP) is 4.67. The molecule has 152 valence electrons. The van der Waals surface area contributed by atoms with E-state index in [0.717, 1.165) is 11.3 Å². The van der Waals surface area contributed by atoms with Gasteiger partial charge in [-0.05, 0) is 48.2 Å². The van der Waals surface area contributed by atoms with E-state index in [2.05, 4.69) is 36.2 Å². The van der Waals surface area contributed by atoms with Crippen molar-refractivity contribution in [3.63, 3.8) is 0 Å². The highest BCUT2D eigenvalue weighted by atomic mass is 32.2. The second kappa shape index (κ2) is 9.69. The van der Waals surface area contributed by atoms with Crippen LogP contribution < -0.4 is 0 Å². The smallest absolute Gasteiger partial charge is 0.233 e. The van der Waals surface area contributed by atoms with E-state index in [0.29, 0.717) is 24.2 Å². The molecule has 5 nitrogen and oxygen atoms in total. The number of nitrogens with zero attached hydrogens (tertiary/aromatic N) is 4. The minimum absolute atomic E-state index is 0.0218. The lowest BCUT2D eigenvalue weighted by atomic mass is 10.0. The summed E-state index contributed by atoms with van der Waals surface area (Å²) in [7, 11) is 0. The molecule has 0 aliphatic rings. The molecule has 0 unspecified atom stereocenters. The Hall–Kier alpha value is -2.67. The Bertz CT molecular complexity index is 955. The fraction of sp³-hybridized carbons (Fsp3) is 0.318. The van der Waals surface area contributed by atoms with Crippen LogP contribution in [0, 0.1) is 5.82 Å². The van der Waals surface area contributed by atoms with Crippen molar-refractivity contribution in [2.45, 2.75) is 38.4 Å². The van der Waals surface area contributed by atoms with E-state index in [-0.39, 0.29) is 17.5 Å². The van der Waals surface area contributed by atoms with Crippen LogP contribution in [0.25, 0.3) is 5.69 Å². The van der Waals surface area contributed by atoms with Gasteiger partial charge in [0.1, 0.15) is 12.1 Å². The molecule has 3 aromatic rings. The average Bonchev–Trinajstić information content (AvgIpc) is 3.19. The van der Waals surface area contributed by atoms with Crippen molar-refractivity contribution in [1.29, 1.82) is 0 Å². The quantitative estimate of drug-likeness (QED) is 0.505. The van der Waals surface area contributed by atoms with Crippen molar-refractivity contribution in [1.82, 2.24) is 19.7 Å². The lowest BCUT2D eigenvalue weighted by Gasteiger charge is -2.21. The van der Waals surface area contributed by atoms with Crippen LogP contribution in [0.4, 0.5) is 4.39 Å². The third-order valence-corrected chi connectivity index (χ3v) is 5.60. The third-order valence-electron chi connectivity index (χ3n) is 4.68. The van der Waals surface area contributed by atoms with Crippen molar-refractivity contribution in [3.05, 3.63) is 71.8 Å². The molecule has 0 saturated heterocycles. The molecule has 1 heterocycles. The van der Waals surface area contributed by atoms with E-state index >= 15 is 0 Å². The van der Waals surface area contributed by atoms with Crippen molar-refractivity contribution < 1.29 is 9.18 Å². The van der Waals surface area contributed by atoms with Crippen molar-refractivity contribution >= 4 is 17.7 Å². The van der Waals surface area contributed by atoms with Crippen molar-refractivity contribution in [2.75, 3.05) is 12.3 Å². The van der Waals surface area contributed by atoms with E-state index in [1.54, 1.807) is 17.3 Å². The summed E-state index contributed by atoms with van der Waals surface area (Å²) in [5.41, 5.74) is 3.00. The molecule has 0 fully saturated rings. The van der Waals surface area contributed by atoms with Gasteiger partial charge in [0.05, 0.1) is 5.75 Å². The zero-order chi connectivity index (χ0) is 20.8. The summed E-state index contributed by atoms with van der Waals surface area (Å²) in [4.78, 5) is 14.4. The van der Waals surface area contributed by atoms with Gasteiger partial charge in [0.25, 0.3) is 0 Å². The molecule has 0 aliphatic heterocycles. The minimum Gasteiger partial charge on any atom is -0.338 e. The summed E-state index contributed by atoms with van der Waals surface area (Å²) in [5.74, 6) is 0.393. The fourth-order valence-corrected chi connectivity index (χ4v) is 3.80. The van der Waals surface area contributed by atoms with Crippen LogP contribution in [0.2, 0.25) is 0 Å². The van der Waals surface area contributed by atoms with Gasteiger partial charge in [-0.25, -0.2) is 4.39 Å². The molecular formula is C22H25FN4OS. The van der Waals surface area contributed by atoms with Gasteiger partial charge in [0.15, 0.2) is 5.16 Å². The number of amides is 1. The standard InChI is InChI=1S/C22H25FN4OS/c1-4-26(13-17-6-5-7-19(23)12-17)21(28)14-29-22-25-24-15-27(22)20-10-8-18(9-11-20)16(2)3/h5-12,15-16H,4,13-14H2,1-3H3. The molecule has 1 aromatic heterocycles. The van der Waals surface area contributed by atoms with Crippen LogP contribution >= 0.6 is 11.8 Å². The molecule has 0 spiro atoms. The van der Waals surface area contributed by atoms with Crippen LogP contribution in [0.3, 0.4) is 0 Å². The van der Waals surface area contributed by atoms with Crippen LogP contribution in [0.5, 0.6) is 0 Å². The SMILES string of the molecule is CCN(Cc1cccc(F)c1)C(=O)CSc1nncn1-c1ccc(C(C)C)cc1. The van der Waals surface area contributed by atoms with Gasteiger partial charge in [0, 0.05) is 18.8 Å². The molecule has 0 radical (unpaired) electrons. The Morgan fingerprint density at radius 1 is 1.21 bits per heavy atom. The van der Waals surface area contributed by atoms with Gasteiger partial charge < -0.3 is 4.90 Å². The lowest BCUT2D eigenvalue weighted by Crippen LogP contribution is -2.31. The first-order valence-electron chi connectivity index (χ1n) is 9.63. The number of hydrogen-bond acceptors (Lipinski definition) is 4. The Kier molecular flexibility index (Phi) is 7.04. The van der Waals surface area contributed by atoms with Crippen molar-refractivity contribution in [3.8, 4) is 5.69 Å². The van der Waals surface area contributed by atoms with Crippen molar-refractivity contribution in [2.24, 2.45) is 0 Å². The molecule has 7 heteroatoms. The second-order valence-electron chi connectivity index (χ2n) is 7.06.